The molecule has 4 rings (SSSR count). The Hall–Kier alpha value is -2.75. The molecule has 138 valence electrons. The van der Waals surface area contributed by atoms with Crippen LogP contribution in [0, 0.1) is 0 Å². The van der Waals surface area contributed by atoms with Crippen molar-refractivity contribution in [3.8, 4) is 0 Å². The number of halogens is 2. The summed E-state index contributed by atoms with van der Waals surface area (Å²) in [4.78, 5) is 16.7. The molecule has 11 heteroatoms. The molecule has 1 unspecified atom stereocenters. The molecule has 1 N–H and O–H groups in total. The summed E-state index contributed by atoms with van der Waals surface area (Å²) in [6.07, 6.45) is 2.01. The lowest BCUT2D eigenvalue weighted by atomic mass is 10.1. The van der Waals surface area contributed by atoms with Crippen molar-refractivity contribution in [2.75, 3.05) is 0 Å². The Kier molecular flexibility index (Phi) is 4.65. The van der Waals surface area contributed by atoms with E-state index in [9.17, 15) is 9.90 Å². The van der Waals surface area contributed by atoms with Crippen molar-refractivity contribution in [3.05, 3.63) is 74.5 Å². The van der Waals surface area contributed by atoms with Gasteiger partial charge in [-0.1, -0.05) is 40.5 Å². The predicted octanol–water partition coefficient (Wildman–Crippen LogP) is 1.91. The van der Waals surface area contributed by atoms with Crippen molar-refractivity contribution in [2.24, 2.45) is 0 Å². The maximum atomic E-state index is 12.4. The number of aliphatic hydroxyl groups excluding tert-OH is 1. The number of fused-ring (bicyclic) bond motifs is 1. The quantitative estimate of drug-likeness (QED) is 0.538. The second-order valence-corrected chi connectivity index (χ2v) is 6.61. The van der Waals surface area contributed by atoms with Crippen LogP contribution in [-0.2, 0) is 13.0 Å². The molecule has 3 heterocycles. The summed E-state index contributed by atoms with van der Waals surface area (Å²) >= 11 is 11.8. The van der Waals surface area contributed by atoms with E-state index in [1.807, 2.05) is 0 Å². The molecule has 0 bridgehead atoms. The lowest BCUT2D eigenvalue weighted by Crippen LogP contribution is -2.24. The van der Waals surface area contributed by atoms with Crippen LogP contribution >= 0.6 is 23.2 Å². The third kappa shape index (κ3) is 3.57. The fraction of sp³-hybridized carbons (Fsp3) is 0.188. The molecule has 3 aromatic heterocycles. The molecule has 0 radical (unpaired) electrons. The Morgan fingerprint density at radius 2 is 1.96 bits per heavy atom. The Bertz CT molecular complexity index is 1150. The zero-order valence-corrected chi connectivity index (χ0v) is 15.2. The molecular formula is C16H12Cl2N6O3. The number of hydrogen-bond donors (Lipinski definition) is 1. The molecule has 1 atom stereocenters. The maximum Gasteiger partial charge on any atom is 0.281 e. The monoisotopic (exact) mass is 406 g/mol. The highest BCUT2D eigenvalue weighted by Gasteiger charge is 2.16. The highest BCUT2D eigenvalue weighted by atomic mass is 35.5. The molecule has 0 aliphatic rings. The van der Waals surface area contributed by atoms with Crippen LogP contribution in [0.5, 0.6) is 0 Å². The van der Waals surface area contributed by atoms with Gasteiger partial charge in [0.2, 0.25) is 5.89 Å². The highest BCUT2D eigenvalue weighted by Crippen LogP contribution is 2.19. The van der Waals surface area contributed by atoms with Gasteiger partial charge < -0.3 is 9.63 Å². The number of rotatable bonds is 5. The van der Waals surface area contributed by atoms with Crippen LogP contribution in [0.1, 0.15) is 23.4 Å². The van der Waals surface area contributed by atoms with Crippen LogP contribution in [-0.4, -0.2) is 34.6 Å². The van der Waals surface area contributed by atoms with Crippen LogP contribution in [0.15, 0.2) is 46.1 Å². The molecular weight excluding hydrogens is 395 g/mol. The van der Waals surface area contributed by atoms with E-state index in [0.717, 1.165) is 4.63 Å². The Morgan fingerprint density at radius 3 is 2.74 bits per heavy atom. The number of hydrogen-bond acceptors (Lipinski definition) is 7. The lowest BCUT2D eigenvalue weighted by molar-refractivity contribution is 0.174. The van der Waals surface area contributed by atoms with E-state index in [0.29, 0.717) is 16.4 Å². The van der Waals surface area contributed by atoms with E-state index in [1.54, 1.807) is 24.3 Å². The normalized spacial score (nSPS) is 12.6. The third-order valence-corrected chi connectivity index (χ3v) is 4.45. The first-order chi connectivity index (χ1) is 13.0. The summed E-state index contributed by atoms with van der Waals surface area (Å²) in [6, 6.07) is 6.84. The predicted molar refractivity (Wildman–Crippen MR) is 95.8 cm³/mol. The van der Waals surface area contributed by atoms with Gasteiger partial charge in [-0.15, -0.1) is 9.73 Å². The first kappa shape index (κ1) is 17.7. The molecule has 1 aromatic carbocycles. The molecule has 0 fully saturated rings. The van der Waals surface area contributed by atoms with Gasteiger partial charge in [-0.05, 0) is 17.7 Å². The Morgan fingerprint density at radius 1 is 1.19 bits per heavy atom. The number of benzene rings is 1. The van der Waals surface area contributed by atoms with Crippen molar-refractivity contribution in [2.45, 2.75) is 19.1 Å². The average molecular weight is 407 g/mol. The Labute approximate surface area is 161 Å². The molecule has 27 heavy (non-hydrogen) atoms. The van der Waals surface area contributed by atoms with Gasteiger partial charge in [0.05, 0.1) is 17.3 Å². The van der Waals surface area contributed by atoms with Crippen molar-refractivity contribution < 1.29 is 9.63 Å². The van der Waals surface area contributed by atoms with Gasteiger partial charge >= 0.3 is 0 Å². The first-order valence-corrected chi connectivity index (χ1v) is 8.61. The lowest BCUT2D eigenvalue weighted by Gasteiger charge is -2.08. The van der Waals surface area contributed by atoms with Gasteiger partial charge in [0.15, 0.2) is 11.3 Å². The third-order valence-electron chi connectivity index (χ3n) is 3.92. The van der Waals surface area contributed by atoms with E-state index in [2.05, 4.69) is 20.3 Å². The molecule has 0 aliphatic heterocycles. The van der Waals surface area contributed by atoms with E-state index < -0.39 is 6.10 Å². The SMILES string of the molecule is O=c1c2c(Cl)cnn2ncn1Cc1nc(CC(O)c2ccc(Cl)cc2)no1. The van der Waals surface area contributed by atoms with Gasteiger partial charge in [0.1, 0.15) is 12.9 Å². The summed E-state index contributed by atoms with van der Waals surface area (Å²) in [6.45, 7) is 0.0217. The smallest absolute Gasteiger partial charge is 0.281 e. The van der Waals surface area contributed by atoms with Crippen LogP contribution < -0.4 is 5.56 Å². The average Bonchev–Trinajstić information content (AvgIpc) is 3.25. The summed E-state index contributed by atoms with van der Waals surface area (Å²) in [5, 5.41) is 22.8. The van der Waals surface area contributed by atoms with Crippen LogP contribution in [0.4, 0.5) is 0 Å². The van der Waals surface area contributed by atoms with E-state index in [-0.39, 0.29) is 35.0 Å². The fourth-order valence-electron chi connectivity index (χ4n) is 2.57. The molecule has 0 saturated heterocycles. The first-order valence-electron chi connectivity index (χ1n) is 7.85. The van der Waals surface area contributed by atoms with E-state index in [4.69, 9.17) is 27.7 Å². The van der Waals surface area contributed by atoms with Crippen molar-refractivity contribution in [1.82, 2.24) is 29.5 Å². The maximum absolute atomic E-state index is 12.4. The van der Waals surface area contributed by atoms with Gasteiger partial charge in [0, 0.05) is 11.4 Å². The minimum atomic E-state index is -0.806. The Balaban J connectivity index is 1.51. The molecule has 0 aliphatic carbocycles. The van der Waals surface area contributed by atoms with Crippen molar-refractivity contribution in [3.63, 3.8) is 0 Å². The summed E-state index contributed by atoms with van der Waals surface area (Å²) in [5.74, 6) is 0.522. The minimum absolute atomic E-state index is 0.0217. The largest absolute Gasteiger partial charge is 0.388 e. The molecule has 9 nitrogen and oxygen atoms in total. The molecule has 0 amide bonds. The van der Waals surface area contributed by atoms with Gasteiger partial charge in [-0.25, -0.2) is 0 Å². The number of aliphatic hydroxyl groups is 1. The van der Waals surface area contributed by atoms with E-state index in [1.165, 1.54) is 17.1 Å². The van der Waals surface area contributed by atoms with Gasteiger partial charge in [0.25, 0.3) is 5.56 Å². The molecule has 0 spiro atoms. The summed E-state index contributed by atoms with van der Waals surface area (Å²) in [5.41, 5.74) is 0.470. The summed E-state index contributed by atoms with van der Waals surface area (Å²) in [7, 11) is 0. The van der Waals surface area contributed by atoms with Gasteiger partial charge in [-0.2, -0.15) is 10.1 Å². The zero-order chi connectivity index (χ0) is 19.0. The number of nitrogens with zero attached hydrogens (tertiary/aromatic N) is 6. The highest BCUT2D eigenvalue weighted by molar-refractivity contribution is 6.33. The minimum Gasteiger partial charge on any atom is -0.388 e. The van der Waals surface area contributed by atoms with Crippen molar-refractivity contribution in [1.29, 1.82) is 0 Å². The fourth-order valence-corrected chi connectivity index (χ4v) is 2.89. The summed E-state index contributed by atoms with van der Waals surface area (Å²) < 4.78 is 7.61. The van der Waals surface area contributed by atoms with E-state index >= 15 is 0 Å². The van der Waals surface area contributed by atoms with Gasteiger partial charge in [-0.3, -0.25) is 9.36 Å². The standard InChI is InChI=1S/C16H12Cl2N6O3/c17-10-3-1-9(2-4-10)12(25)5-13-21-14(27-22-13)7-23-8-20-24-15(16(23)26)11(18)6-19-24/h1-4,6,8,12,25H,5,7H2. The molecule has 0 saturated carbocycles. The van der Waals surface area contributed by atoms with Crippen LogP contribution in [0.2, 0.25) is 10.0 Å². The topological polar surface area (TPSA) is 111 Å². The van der Waals surface area contributed by atoms with Crippen LogP contribution in [0.3, 0.4) is 0 Å². The molecule has 4 aromatic rings. The van der Waals surface area contributed by atoms with Crippen LogP contribution in [0.25, 0.3) is 5.52 Å². The number of aromatic nitrogens is 6. The second-order valence-electron chi connectivity index (χ2n) is 5.77. The second kappa shape index (κ2) is 7.10. The van der Waals surface area contributed by atoms with Crippen molar-refractivity contribution >= 4 is 28.7 Å². The zero-order valence-electron chi connectivity index (χ0n) is 13.7.